The number of benzene rings is 3. The summed E-state index contributed by atoms with van der Waals surface area (Å²) in [6.07, 6.45) is 4.93. The molecule has 4 fully saturated rings. The molecule has 11 atom stereocenters. The van der Waals surface area contributed by atoms with E-state index in [-0.39, 0.29) is 109 Å². The molecule has 0 saturated carbocycles. The van der Waals surface area contributed by atoms with E-state index in [1.54, 1.807) is 102 Å². The van der Waals surface area contributed by atoms with Crippen LogP contribution in [-0.4, -0.2) is 232 Å². The van der Waals surface area contributed by atoms with Gasteiger partial charge in [0.2, 0.25) is 47.3 Å². The minimum atomic E-state index is -1.18. The number of rotatable bonds is 34. The molecule has 105 heavy (non-hydrogen) atoms. The number of carbonyl (C=O) groups excluding carboxylic acids is 10. The number of aliphatic hydroxyl groups excluding tert-OH is 1. The average Bonchev–Trinajstić information content (AvgIpc) is 1.65. The maximum absolute atomic E-state index is 15.2. The van der Waals surface area contributed by atoms with Crippen molar-refractivity contribution in [3.05, 3.63) is 120 Å². The molecule has 3 aromatic carbocycles. The molecular weight excluding hydrogens is 1350 g/mol. The van der Waals surface area contributed by atoms with E-state index >= 15 is 4.79 Å². The van der Waals surface area contributed by atoms with Gasteiger partial charge in [0.25, 0.3) is 0 Å². The third-order valence-electron chi connectivity index (χ3n) is 19.6. The third-order valence-corrected chi connectivity index (χ3v) is 19.6. The molecule has 0 unspecified atom stereocenters. The molecule has 29 nitrogen and oxygen atoms in total. The molecule has 29 heteroatoms. The van der Waals surface area contributed by atoms with Crippen molar-refractivity contribution in [2.45, 2.75) is 211 Å². The van der Waals surface area contributed by atoms with Crippen molar-refractivity contribution in [2.24, 2.45) is 11.8 Å². The van der Waals surface area contributed by atoms with Crippen LogP contribution < -0.4 is 31.9 Å². The lowest BCUT2D eigenvalue weighted by molar-refractivity contribution is -0.145. The molecule has 10 amide bonds. The number of carbonyl (C=O) groups is 10. The molecule has 574 valence electrons. The van der Waals surface area contributed by atoms with Gasteiger partial charge in [-0.25, -0.2) is 9.59 Å². The van der Waals surface area contributed by atoms with E-state index in [0.29, 0.717) is 62.6 Å². The summed E-state index contributed by atoms with van der Waals surface area (Å²) in [7, 11) is 2.94. The molecular formula is C76H109N13O16. The largest absolute Gasteiger partial charge is 0.444 e. The number of nitrogens with zero attached hydrogens (tertiary/aromatic N) is 7. The highest BCUT2D eigenvalue weighted by molar-refractivity contribution is 5.97. The van der Waals surface area contributed by atoms with Crippen LogP contribution in [0.1, 0.15) is 160 Å². The van der Waals surface area contributed by atoms with Gasteiger partial charge in [-0.05, 0) is 122 Å². The average molecular weight is 1460 g/mol. The molecule has 0 spiro atoms. The quantitative estimate of drug-likeness (QED) is 0.0301. The van der Waals surface area contributed by atoms with E-state index in [1.165, 1.54) is 28.8 Å². The van der Waals surface area contributed by atoms with Crippen molar-refractivity contribution in [2.75, 3.05) is 73.4 Å². The lowest BCUT2D eigenvalue weighted by atomic mass is 9.92. The van der Waals surface area contributed by atoms with Crippen LogP contribution in [0.4, 0.5) is 9.59 Å². The van der Waals surface area contributed by atoms with Gasteiger partial charge in [0.05, 0.1) is 51.4 Å². The monoisotopic (exact) mass is 1460 g/mol. The molecule has 8 rings (SSSR count). The molecule has 5 heterocycles. The molecule has 4 aliphatic heterocycles. The van der Waals surface area contributed by atoms with Crippen LogP contribution in [0.5, 0.6) is 0 Å². The highest BCUT2D eigenvalue weighted by atomic mass is 16.6. The van der Waals surface area contributed by atoms with Crippen molar-refractivity contribution in [1.82, 2.24) is 66.5 Å². The predicted molar refractivity (Wildman–Crippen MR) is 387 cm³/mol. The number of aromatic nitrogens is 3. The fourth-order valence-electron chi connectivity index (χ4n) is 14.2. The standard InChI is InChI=1S/C76H109N13O16/c1-11-57(85(9)73(99)104-75(3,4)5)66(92)81-64-52(28-31-55-33-35-59(88(55)71(64)97)68(94)79-62(49-22-16-13-17-23-49)50-24-18-14-19-25-50)46-87-47-54(83-84-87)30-37-61(91)77-38-40-101-42-44-103-45-43-102-41-39-78-70(96)63(51-26-20-15-21-27-51)80-69(95)60-36-34-56-32-29-53(48-90)65(72(98)89(56)60)82-67(93)58(12-2)86(10)74(100)105-76(6,7)8/h13-27,47,52-53,55-60,62-65,90H,11-12,28-46,48H2,1-10H3,(H,77,91)(H,78,96)(H,79,94)(H,80,95)(H,81,92)(H,82,93)/t52-,53-,55+,56+,57+,58+,59+,60+,63+,64+,65+/m1/s1. The van der Waals surface area contributed by atoms with Crippen LogP contribution in [0.3, 0.4) is 0 Å². The zero-order valence-electron chi connectivity index (χ0n) is 62.4. The van der Waals surface area contributed by atoms with E-state index < -0.39 is 126 Å². The van der Waals surface area contributed by atoms with Crippen molar-refractivity contribution in [3.8, 4) is 0 Å². The van der Waals surface area contributed by atoms with E-state index in [1.807, 2.05) is 60.7 Å². The zero-order chi connectivity index (χ0) is 76.0. The van der Waals surface area contributed by atoms with Crippen LogP contribution in [-0.2, 0) is 75.0 Å². The number of aliphatic hydroxyl groups is 1. The smallest absolute Gasteiger partial charge is 0.410 e. The number of nitrogens with one attached hydrogen (secondary N) is 6. The summed E-state index contributed by atoms with van der Waals surface area (Å²) in [6.45, 7) is 15.3. The fourth-order valence-corrected chi connectivity index (χ4v) is 14.2. The Balaban J connectivity index is 0.749. The first-order valence-corrected chi connectivity index (χ1v) is 36.9. The van der Waals surface area contributed by atoms with Crippen molar-refractivity contribution >= 4 is 59.4 Å². The summed E-state index contributed by atoms with van der Waals surface area (Å²) >= 11 is 0. The van der Waals surface area contributed by atoms with Crippen molar-refractivity contribution in [1.29, 1.82) is 0 Å². The Labute approximate surface area is 615 Å². The summed E-state index contributed by atoms with van der Waals surface area (Å²) in [5.41, 5.74) is 1.20. The summed E-state index contributed by atoms with van der Waals surface area (Å²) in [5.74, 6) is -4.79. The van der Waals surface area contributed by atoms with Gasteiger partial charge >= 0.3 is 12.2 Å². The Morgan fingerprint density at radius 2 is 0.981 bits per heavy atom. The Morgan fingerprint density at radius 1 is 0.552 bits per heavy atom. The SMILES string of the molecule is CC[C@@H](C(=O)N[C@@H]1C(=O)N2[C@@H](CC[C@@H]1Cn1cc(CCC(=O)NCCOCCOCCOCCNC(=O)[C@@H](NC(=O)[C@@H]3CC[C@@H]4CC[C@H](CO)[C@H](NC(=O)[C@H](CC)N(C)C(=O)OC(C)(C)C)C(=O)N43)c3ccccc3)nn1)CC[C@H]2C(=O)NC(c1ccccc1)c1ccccc1)N(C)C(=O)OC(C)(C)C. The second-order valence-electron chi connectivity index (χ2n) is 29.4. The van der Waals surface area contributed by atoms with Gasteiger partial charge in [0.1, 0.15) is 53.5 Å². The Bertz CT molecular complexity index is 3500. The predicted octanol–water partition coefficient (Wildman–Crippen LogP) is 5.05. The van der Waals surface area contributed by atoms with Gasteiger partial charge in [-0.1, -0.05) is 110 Å². The van der Waals surface area contributed by atoms with Crippen LogP contribution in [0, 0.1) is 11.8 Å². The molecule has 0 radical (unpaired) electrons. The number of likely N-dealkylation sites (N-methyl/N-ethyl adjacent to an activating group) is 2. The number of hydrogen-bond acceptors (Lipinski definition) is 18. The Morgan fingerprint density at radius 3 is 1.45 bits per heavy atom. The van der Waals surface area contributed by atoms with Crippen molar-refractivity contribution < 1.29 is 76.7 Å². The molecule has 4 aromatic rings. The summed E-state index contributed by atoms with van der Waals surface area (Å²) in [6, 6.07) is 19.8. The minimum Gasteiger partial charge on any atom is -0.444 e. The van der Waals surface area contributed by atoms with Gasteiger partial charge in [0, 0.05) is 83.3 Å². The molecule has 1 aromatic heterocycles. The highest BCUT2D eigenvalue weighted by Crippen LogP contribution is 2.37. The van der Waals surface area contributed by atoms with E-state index in [4.69, 9.17) is 23.7 Å². The van der Waals surface area contributed by atoms with Gasteiger partial charge in [0.15, 0.2) is 0 Å². The number of hydrogen-bond donors (Lipinski definition) is 7. The van der Waals surface area contributed by atoms with Gasteiger partial charge < -0.3 is 70.5 Å². The first-order valence-electron chi connectivity index (χ1n) is 36.9. The minimum absolute atomic E-state index is 0.109. The second-order valence-corrected chi connectivity index (χ2v) is 29.4. The molecule has 4 aliphatic rings. The lowest BCUT2D eigenvalue weighted by Gasteiger charge is -2.34. The van der Waals surface area contributed by atoms with Gasteiger partial charge in [-0.15, -0.1) is 5.10 Å². The van der Waals surface area contributed by atoms with Crippen LogP contribution >= 0.6 is 0 Å². The molecule has 4 saturated heterocycles. The highest BCUT2D eigenvalue weighted by Gasteiger charge is 2.51. The topological polar surface area (TPSA) is 353 Å². The molecule has 7 N–H and O–H groups in total. The normalized spacial score (nSPS) is 21.1. The summed E-state index contributed by atoms with van der Waals surface area (Å²) in [4.78, 5) is 145. The number of ether oxygens (including phenoxy) is 5. The Hall–Kier alpha value is -9.06. The van der Waals surface area contributed by atoms with Gasteiger partial charge in [-0.2, -0.15) is 0 Å². The van der Waals surface area contributed by atoms with E-state index in [2.05, 4.69) is 42.2 Å². The van der Waals surface area contributed by atoms with Crippen LogP contribution in [0.15, 0.2) is 97.2 Å². The third kappa shape index (κ3) is 23.0. The first kappa shape index (κ1) is 81.6. The maximum atomic E-state index is 15.2. The maximum Gasteiger partial charge on any atom is 0.410 e. The zero-order valence-corrected chi connectivity index (χ0v) is 62.4. The van der Waals surface area contributed by atoms with E-state index in [9.17, 15) is 48.3 Å². The number of aryl methyl sites for hydroxylation is 1. The van der Waals surface area contributed by atoms with Crippen LogP contribution in [0.2, 0.25) is 0 Å². The molecule has 0 bridgehead atoms. The second kappa shape index (κ2) is 38.8. The van der Waals surface area contributed by atoms with E-state index in [0.717, 1.165) is 11.1 Å². The summed E-state index contributed by atoms with van der Waals surface area (Å²) in [5, 5.41) is 36.9. The summed E-state index contributed by atoms with van der Waals surface area (Å²) < 4.78 is 29.8. The number of fused-ring (bicyclic) bond motifs is 2. The first-order chi connectivity index (χ1) is 50.2. The Kier molecular flexibility index (Phi) is 30.2. The van der Waals surface area contributed by atoms with Crippen molar-refractivity contribution in [3.63, 3.8) is 0 Å². The number of amides is 10. The van der Waals surface area contributed by atoms with Crippen LogP contribution in [0.25, 0.3) is 0 Å². The van der Waals surface area contributed by atoms with Gasteiger partial charge in [-0.3, -0.25) is 52.8 Å². The lowest BCUT2D eigenvalue weighted by Crippen LogP contribution is -2.59. The fraction of sp³-hybridized carbons (Fsp3) is 0.605. The molecule has 0 aliphatic carbocycles.